The van der Waals surface area contributed by atoms with Crippen molar-refractivity contribution in [2.45, 2.75) is 50.4 Å². The molecule has 0 amide bonds. The fourth-order valence-electron chi connectivity index (χ4n) is 2.83. The van der Waals surface area contributed by atoms with Crippen molar-refractivity contribution in [2.24, 2.45) is 0 Å². The Kier molecular flexibility index (Phi) is 2.65. The Bertz CT molecular complexity index is 454. The van der Waals surface area contributed by atoms with Gasteiger partial charge in [0.15, 0.2) is 0 Å². The zero-order valence-electron chi connectivity index (χ0n) is 11.1. The molecule has 0 aromatic heterocycles. The zero-order chi connectivity index (χ0) is 12.8. The monoisotopic (exact) mass is 247 g/mol. The maximum Gasteiger partial charge on any atom is 0.126 e. The van der Waals surface area contributed by atoms with Crippen molar-refractivity contribution >= 4 is 0 Å². The van der Waals surface area contributed by atoms with Crippen LogP contribution < -0.4 is 10.1 Å². The van der Waals surface area contributed by atoms with Gasteiger partial charge in [0.1, 0.15) is 17.0 Å². The molecule has 3 nitrogen and oxygen atoms in total. The highest BCUT2D eigenvalue weighted by molar-refractivity contribution is 5.41. The third-order valence-electron chi connectivity index (χ3n) is 3.75. The number of benzene rings is 1. The predicted molar refractivity (Wildman–Crippen MR) is 70.7 cm³/mol. The lowest BCUT2D eigenvalue weighted by Gasteiger charge is -2.43. The number of hydrogen-bond acceptors (Lipinski definition) is 3. The van der Waals surface area contributed by atoms with Crippen LogP contribution in [-0.4, -0.2) is 23.3 Å². The van der Waals surface area contributed by atoms with Gasteiger partial charge in [0.25, 0.3) is 0 Å². The van der Waals surface area contributed by atoms with Crippen molar-refractivity contribution in [3.05, 3.63) is 29.8 Å². The smallest absolute Gasteiger partial charge is 0.126 e. The molecular weight excluding hydrogens is 226 g/mol. The highest BCUT2D eigenvalue weighted by Gasteiger charge is 2.44. The molecule has 18 heavy (non-hydrogen) atoms. The van der Waals surface area contributed by atoms with E-state index in [2.05, 4.69) is 5.32 Å². The van der Waals surface area contributed by atoms with Crippen LogP contribution in [0.15, 0.2) is 24.3 Å². The minimum atomic E-state index is -0.819. The number of hydrogen-bond donors (Lipinski definition) is 2. The largest absolute Gasteiger partial charge is 0.487 e. The molecule has 0 bridgehead atoms. The normalized spacial score (nSPS) is 29.5. The summed E-state index contributed by atoms with van der Waals surface area (Å²) in [6.07, 6.45) is 3.09. The van der Waals surface area contributed by atoms with Gasteiger partial charge >= 0.3 is 0 Å². The van der Waals surface area contributed by atoms with Crippen LogP contribution in [0.25, 0.3) is 0 Å². The van der Waals surface area contributed by atoms with Gasteiger partial charge in [-0.3, -0.25) is 0 Å². The Balaban J connectivity index is 1.91. The molecule has 0 saturated heterocycles. The van der Waals surface area contributed by atoms with Crippen LogP contribution in [0.3, 0.4) is 0 Å². The highest BCUT2D eigenvalue weighted by Crippen LogP contribution is 2.43. The van der Waals surface area contributed by atoms with E-state index in [1.165, 1.54) is 12.8 Å². The topological polar surface area (TPSA) is 41.5 Å². The lowest BCUT2D eigenvalue weighted by atomic mass is 9.80. The molecule has 1 aromatic rings. The van der Waals surface area contributed by atoms with Crippen molar-refractivity contribution in [1.29, 1.82) is 0 Å². The molecule has 1 aliphatic heterocycles. The van der Waals surface area contributed by atoms with Gasteiger partial charge < -0.3 is 15.2 Å². The quantitative estimate of drug-likeness (QED) is 0.860. The Morgan fingerprint density at radius 2 is 2.06 bits per heavy atom. The second-order valence-electron chi connectivity index (χ2n) is 6.22. The molecule has 1 aliphatic carbocycles. The van der Waals surface area contributed by atoms with Gasteiger partial charge in [-0.25, -0.2) is 0 Å². The summed E-state index contributed by atoms with van der Waals surface area (Å²) in [6.45, 7) is 4.68. The van der Waals surface area contributed by atoms with E-state index in [9.17, 15) is 5.11 Å². The first-order valence-corrected chi connectivity index (χ1v) is 6.73. The fraction of sp³-hybridized carbons (Fsp3) is 0.600. The summed E-state index contributed by atoms with van der Waals surface area (Å²) in [4.78, 5) is 0. The molecule has 1 atom stereocenters. The number of rotatable bonds is 3. The number of fused-ring (bicyclic) bond motifs is 1. The Labute approximate surface area is 108 Å². The molecular formula is C15H21NO2. The summed E-state index contributed by atoms with van der Waals surface area (Å²) < 4.78 is 5.95. The number of nitrogens with one attached hydrogen (secondary N) is 1. The molecule has 1 fully saturated rings. The molecule has 3 heteroatoms. The third-order valence-corrected chi connectivity index (χ3v) is 3.75. The van der Waals surface area contributed by atoms with E-state index < -0.39 is 5.60 Å². The zero-order valence-corrected chi connectivity index (χ0v) is 11.1. The number of ether oxygens (including phenoxy) is 1. The van der Waals surface area contributed by atoms with Crippen molar-refractivity contribution in [3.63, 3.8) is 0 Å². The molecule has 0 spiro atoms. The molecule has 2 N–H and O–H groups in total. The lowest BCUT2D eigenvalue weighted by molar-refractivity contribution is -0.0627. The predicted octanol–water partition coefficient (Wildman–Crippen LogP) is 2.19. The average Bonchev–Trinajstić information content (AvgIpc) is 3.08. The molecule has 1 heterocycles. The van der Waals surface area contributed by atoms with Gasteiger partial charge in [-0.15, -0.1) is 0 Å². The Morgan fingerprint density at radius 3 is 2.78 bits per heavy atom. The van der Waals surface area contributed by atoms with Gasteiger partial charge in [0.05, 0.1) is 0 Å². The molecule has 1 aromatic carbocycles. The Morgan fingerprint density at radius 1 is 1.33 bits per heavy atom. The van der Waals surface area contributed by atoms with Crippen molar-refractivity contribution in [2.75, 3.05) is 6.54 Å². The van der Waals surface area contributed by atoms with Gasteiger partial charge in [-0.05, 0) is 32.8 Å². The van der Waals surface area contributed by atoms with E-state index >= 15 is 0 Å². The van der Waals surface area contributed by atoms with E-state index in [1.807, 2.05) is 38.1 Å². The summed E-state index contributed by atoms with van der Waals surface area (Å²) in [7, 11) is 0. The van der Waals surface area contributed by atoms with Crippen molar-refractivity contribution < 1.29 is 9.84 Å². The second kappa shape index (κ2) is 3.97. The summed E-state index contributed by atoms with van der Waals surface area (Å²) in [5.41, 5.74) is -0.229. The summed E-state index contributed by atoms with van der Waals surface area (Å²) in [5, 5.41) is 14.4. The Hall–Kier alpha value is -1.06. The van der Waals surface area contributed by atoms with E-state index in [0.29, 0.717) is 19.0 Å². The van der Waals surface area contributed by atoms with Crippen LogP contribution in [-0.2, 0) is 5.60 Å². The molecule has 1 saturated carbocycles. The van der Waals surface area contributed by atoms with Gasteiger partial charge in [-0.2, -0.15) is 0 Å². The maximum absolute atomic E-state index is 11.0. The highest BCUT2D eigenvalue weighted by atomic mass is 16.5. The van der Waals surface area contributed by atoms with Crippen LogP contribution >= 0.6 is 0 Å². The third kappa shape index (κ3) is 2.25. The minimum absolute atomic E-state index is 0.325. The average molecular weight is 247 g/mol. The first-order valence-electron chi connectivity index (χ1n) is 6.73. The van der Waals surface area contributed by atoms with Crippen LogP contribution in [0.4, 0.5) is 0 Å². The molecule has 1 unspecified atom stereocenters. The van der Waals surface area contributed by atoms with Crippen LogP contribution in [0.5, 0.6) is 5.75 Å². The second-order valence-corrected chi connectivity index (χ2v) is 6.22. The van der Waals surface area contributed by atoms with Crippen LogP contribution in [0, 0.1) is 0 Å². The minimum Gasteiger partial charge on any atom is -0.487 e. The maximum atomic E-state index is 11.0. The fourth-order valence-corrected chi connectivity index (χ4v) is 2.83. The molecule has 0 radical (unpaired) electrons. The van der Waals surface area contributed by atoms with Crippen LogP contribution in [0.1, 0.15) is 38.7 Å². The number of para-hydroxylation sites is 1. The summed E-state index contributed by atoms with van der Waals surface area (Å²) >= 11 is 0. The molecule has 2 aliphatic rings. The van der Waals surface area contributed by atoms with Crippen LogP contribution in [0.2, 0.25) is 0 Å². The van der Waals surface area contributed by atoms with E-state index in [1.54, 1.807) is 0 Å². The van der Waals surface area contributed by atoms with Gasteiger partial charge in [0.2, 0.25) is 0 Å². The van der Waals surface area contributed by atoms with Crippen molar-refractivity contribution in [1.82, 2.24) is 5.32 Å². The van der Waals surface area contributed by atoms with E-state index in [4.69, 9.17) is 4.74 Å². The van der Waals surface area contributed by atoms with E-state index in [0.717, 1.165) is 11.3 Å². The van der Waals surface area contributed by atoms with E-state index in [-0.39, 0.29) is 5.60 Å². The van der Waals surface area contributed by atoms with Crippen molar-refractivity contribution in [3.8, 4) is 5.75 Å². The number of aliphatic hydroxyl groups is 1. The standard InChI is InChI=1S/C15H21NO2/c1-14(2)9-15(17,10-16-11-7-8-11)12-5-3-4-6-13(12)18-14/h3-6,11,16-17H,7-10H2,1-2H3. The first kappa shape index (κ1) is 12.0. The summed E-state index contributed by atoms with van der Waals surface area (Å²) in [5.74, 6) is 0.814. The van der Waals surface area contributed by atoms with Gasteiger partial charge in [0, 0.05) is 24.6 Å². The summed E-state index contributed by atoms with van der Waals surface area (Å²) in [6, 6.07) is 8.43. The first-order chi connectivity index (χ1) is 8.49. The van der Waals surface area contributed by atoms with Gasteiger partial charge in [-0.1, -0.05) is 18.2 Å². The molecule has 3 rings (SSSR count). The lowest BCUT2D eigenvalue weighted by Crippen LogP contribution is -2.49. The SMILES string of the molecule is CC1(C)CC(O)(CNC2CC2)c2ccccc2O1. The molecule has 98 valence electrons.